The molecule has 1 aliphatic heterocycles. The van der Waals surface area contributed by atoms with Crippen LogP contribution in [0.4, 0.5) is 0 Å². The zero-order valence-electron chi connectivity index (χ0n) is 57.9. The van der Waals surface area contributed by atoms with Crippen LogP contribution in [0, 0.1) is 0 Å². The second kappa shape index (κ2) is 68.0. The van der Waals surface area contributed by atoms with Gasteiger partial charge in [0.25, 0.3) is 0 Å². The highest BCUT2D eigenvalue weighted by Crippen LogP contribution is 2.23. The first-order valence-electron chi connectivity index (χ1n) is 38.0. The first kappa shape index (κ1) is 84.1. The maximum atomic E-state index is 13.1. The Morgan fingerprint density at radius 2 is 0.708 bits per heavy atom. The van der Waals surface area contributed by atoms with Gasteiger partial charge in [-0.3, -0.25) is 4.79 Å². The molecular weight excluding hydrogens is 1100 g/mol. The average Bonchev–Trinajstić information content (AvgIpc) is 2.42. The Bertz CT molecular complexity index is 1730. The molecule has 1 heterocycles. The zero-order valence-corrected chi connectivity index (χ0v) is 57.9. The summed E-state index contributed by atoms with van der Waals surface area (Å²) in [4.78, 5) is 13.1. The minimum Gasteiger partial charge on any atom is -0.394 e. The molecule has 9 nitrogen and oxygen atoms in total. The van der Waals surface area contributed by atoms with Crippen molar-refractivity contribution in [3.63, 3.8) is 0 Å². The maximum Gasteiger partial charge on any atom is 0.220 e. The first-order chi connectivity index (χ1) is 43.8. The van der Waals surface area contributed by atoms with Gasteiger partial charge in [0.1, 0.15) is 24.4 Å². The van der Waals surface area contributed by atoms with Crippen molar-refractivity contribution in [3.05, 3.63) is 97.2 Å². The van der Waals surface area contributed by atoms with Crippen LogP contribution in [0.15, 0.2) is 97.2 Å². The number of rotatable bonds is 66. The van der Waals surface area contributed by atoms with E-state index in [2.05, 4.69) is 104 Å². The second-order valence-electron chi connectivity index (χ2n) is 26.0. The fourth-order valence-corrected chi connectivity index (χ4v) is 11.7. The number of hydrogen-bond acceptors (Lipinski definition) is 8. The van der Waals surface area contributed by atoms with E-state index in [1.807, 2.05) is 6.08 Å². The Labute approximate surface area is 549 Å². The maximum absolute atomic E-state index is 13.1. The van der Waals surface area contributed by atoms with Crippen molar-refractivity contribution in [2.45, 2.75) is 391 Å². The summed E-state index contributed by atoms with van der Waals surface area (Å²) < 4.78 is 11.3. The third-order valence-electron chi connectivity index (χ3n) is 17.6. The van der Waals surface area contributed by atoms with Crippen LogP contribution in [0.1, 0.15) is 348 Å². The summed E-state index contributed by atoms with van der Waals surface area (Å²) in [5.41, 5.74) is 0. The van der Waals surface area contributed by atoms with Gasteiger partial charge in [-0.1, -0.05) is 349 Å². The Kier molecular flexibility index (Phi) is 64.3. The van der Waals surface area contributed by atoms with Crippen molar-refractivity contribution in [2.75, 3.05) is 13.2 Å². The largest absolute Gasteiger partial charge is 0.394 e. The number of nitrogens with one attached hydrogen (secondary N) is 1. The highest BCUT2D eigenvalue weighted by molar-refractivity contribution is 5.76. The van der Waals surface area contributed by atoms with E-state index in [1.165, 1.54) is 250 Å². The summed E-state index contributed by atoms with van der Waals surface area (Å²) in [5, 5.41) is 54.8. The van der Waals surface area contributed by atoms with Crippen molar-refractivity contribution in [1.82, 2.24) is 5.32 Å². The summed E-state index contributed by atoms with van der Waals surface area (Å²) >= 11 is 0. The van der Waals surface area contributed by atoms with Crippen LogP contribution in [0.2, 0.25) is 0 Å². The number of allylic oxidation sites excluding steroid dienone is 15. The molecule has 7 unspecified atom stereocenters. The van der Waals surface area contributed by atoms with Crippen molar-refractivity contribution in [3.8, 4) is 0 Å². The van der Waals surface area contributed by atoms with Gasteiger partial charge in [-0.25, -0.2) is 0 Å². The average molecular weight is 1250 g/mol. The lowest BCUT2D eigenvalue weighted by molar-refractivity contribution is -0.302. The third-order valence-corrected chi connectivity index (χ3v) is 17.6. The number of carbonyl (C=O) groups is 1. The first-order valence-corrected chi connectivity index (χ1v) is 38.0. The van der Waals surface area contributed by atoms with Gasteiger partial charge < -0.3 is 40.3 Å². The molecule has 89 heavy (non-hydrogen) atoms. The standard InChI is InChI=1S/C80H143NO8/c1-3-5-7-9-11-13-15-17-19-21-23-25-27-29-31-32-33-34-35-36-37-38-39-40-41-42-44-46-48-50-52-54-56-58-60-62-64-66-68-70-76(84)81-73(72-88-80-79(87)78(86)77(85)75(71-82)89-80)74(83)69-67-65-63-61-59-57-55-53-51-49-47-45-43-30-28-26-24-22-20-18-16-14-12-10-8-6-4-2/h5,7,11,13,17,19,23,25,29,31,51,53,59,61,67,69,73-75,77-80,82-83,85-87H,3-4,6,8-10,12,14-16,18,20-22,24,26-28,30,32-50,52,54-58,60,62-66,68,70-72H2,1-2H3,(H,81,84)/b7-5-,13-11-,19-17-,25-23-,31-29-,53-51+,61-59+,69-67+. The number of carbonyl (C=O) groups excluding carboxylic acids is 1. The minimum absolute atomic E-state index is 0.187. The molecule has 0 bridgehead atoms. The second-order valence-corrected chi connectivity index (χ2v) is 26.0. The molecule has 0 aromatic rings. The molecule has 1 rings (SSSR count). The SMILES string of the molecule is CC/C=C\C/C=C\C/C=C\C/C=C\C/C=C\CCCCCCCCCCCCCCCCCCCCCCCCCC(=O)NC(COC1OC(CO)C(O)C(O)C1O)C(O)/C=C/CC/C=C/CC/C=C/CCCCCCCCCCCCCCCCCCC. The Morgan fingerprint density at radius 3 is 1.08 bits per heavy atom. The predicted molar refractivity (Wildman–Crippen MR) is 382 cm³/mol. The van der Waals surface area contributed by atoms with Crippen molar-refractivity contribution >= 4 is 5.91 Å². The number of amides is 1. The van der Waals surface area contributed by atoms with Gasteiger partial charge >= 0.3 is 0 Å². The van der Waals surface area contributed by atoms with Crippen molar-refractivity contribution < 1.29 is 39.8 Å². The van der Waals surface area contributed by atoms with Crippen LogP contribution in [0.25, 0.3) is 0 Å². The van der Waals surface area contributed by atoms with E-state index in [1.54, 1.807) is 6.08 Å². The van der Waals surface area contributed by atoms with Gasteiger partial charge in [0.2, 0.25) is 5.91 Å². The number of aliphatic hydroxyl groups is 5. The minimum atomic E-state index is -1.58. The molecule has 7 atom stereocenters. The molecule has 0 aliphatic carbocycles. The molecule has 0 radical (unpaired) electrons. The van der Waals surface area contributed by atoms with Gasteiger partial charge in [-0.05, 0) is 89.9 Å². The van der Waals surface area contributed by atoms with E-state index in [4.69, 9.17) is 9.47 Å². The quantitative estimate of drug-likeness (QED) is 0.0261. The summed E-state index contributed by atoms with van der Waals surface area (Å²) in [6, 6.07) is -0.833. The third kappa shape index (κ3) is 56.4. The van der Waals surface area contributed by atoms with Crippen LogP contribution >= 0.6 is 0 Å². The fraction of sp³-hybridized carbons (Fsp3) is 0.787. The highest BCUT2D eigenvalue weighted by atomic mass is 16.7. The molecule has 1 fully saturated rings. The van der Waals surface area contributed by atoms with E-state index in [-0.39, 0.29) is 12.5 Å². The van der Waals surface area contributed by atoms with Crippen molar-refractivity contribution in [1.29, 1.82) is 0 Å². The topological polar surface area (TPSA) is 149 Å². The molecular formula is C80H143NO8. The fourth-order valence-electron chi connectivity index (χ4n) is 11.7. The molecule has 1 saturated heterocycles. The molecule has 6 N–H and O–H groups in total. The molecule has 516 valence electrons. The van der Waals surface area contributed by atoms with Crippen LogP contribution in [-0.2, 0) is 14.3 Å². The summed E-state index contributed by atoms with van der Waals surface area (Å²) in [6.07, 6.45) is 92.6. The van der Waals surface area contributed by atoms with E-state index >= 15 is 0 Å². The summed E-state index contributed by atoms with van der Waals surface area (Å²) in [6.45, 7) is 3.68. The number of hydrogen-bond donors (Lipinski definition) is 6. The summed E-state index contributed by atoms with van der Waals surface area (Å²) in [5.74, 6) is -0.187. The Morgan fingerprint density at radius 1 is 0.393 bits per heavy atom. The van der Waals surface area contributed by atoms with Gasteiger partial charge in [0.05, 0.1) is 25.4 Å². The highest BCUT2D eigenvalue weighted by Gasteiger charge is 2.44. The van der Waals surface area contributed by atoms with E-state index < -0.39 is 49.5 Å². The van der Waals surface area contributed by atoms with Gasteiger partial charge in [0, 0.05) is 6.42 Å². The molecule has 0 aromatic heterocycles. The van der Waals surface area contributed by atoms with Gasteiger partial charge in [-0.15, -0.1) is 0 Å². The molecule has 0 spiro atoms. The van der Waals surface area contributed by atoms with Gasteiger partial charge in [-0.2, -0.15) is 0 Å². The Hall–Kier alpha value is -2.89. The van der Waals surface area contributed by atoms with Crippen molar-refractivity contribution in [2.24, 2.45) is 0 Å². The normalized spacial score (nSPS) is 18.4. The zero-order chi connectivity index (χ0) is 64.2. The van der Waals surface area contributed by atoms with E-state index in [9.17, 15) is 30.3 Å². The number of ether oxygens (including phenoxy) is 2. The van der Waals surface area contributed by atoms with Crippen LogP contribution < -0.4 is 5.32 Å². The monoisotopic (exact) mass is 1250 g/mol. The number of unbranched alkanes of at least 4 members (excludes halogenated alkanes) is 42. The molecule has 0 saturated carbocycles. The van der Waals surface area contributed by atoms with Crippen LogP contribution in [0.3, 0.4) is 0 Å². The molecule has 1 amide bonds. The molecule has 1 aliphatic rings. The van der Waals surface area contributed by atoms with E-state index in [0.717, 1.165) is 77.0 Å². The number of aliphatic hydroxyl groups excluding tert-OH is 5. The van der Waals surface area contributed by atoms with E-state index in [0.29, 0.717) is 6.42 Å². The lowest BCUT2D eigenvalue weighted by atomic mass is 9.99. The predicted octanol–water partition coefficient (Wildman–Crippen LogP) is 21.4. The Balaban J connectivity index is 2.10. The van der Waals surface area contributed by atoms with Crippen LogP contribution in [-0.4, -0.2) is 87.5 Å². The smallest absolute Gasteiger partial charge is 0.220 e. The molecule has 0 aromatic carbocycles. The summed E-state index contributed by atoms with van der Waals surface area (Å²) in [7, 11) is 0. The van der Waals surface area contributed by atoms with Gasteiger partial charge in [0.15, 0.2) is 6.29 Å². The lowest BCUT2D eigenvalue weighted by Gasteiger charge is -2.40. The molecule has 9 heteroatoms. The lowest BCUT2D eigenvalue weighted by Crippen LogP contribution is -2.60. The van der Waals surface area contributed by atoms with Crippen LogP contribution in [0.5, 0.6) is 0 Å².